The molecule has 24 heavy (non-hydrogen) atoms. The number of carbonyl (C=O) groups excluding carboxylic acids is 3. The molecule has 7 heteroatoms. The summed E-state index contributed by atoms with van der Waals surface area (Å²) >= 11 is 0. The third-order valence-electron chi connectivity index (χ3n) is 3.80. The van der Waals surface area contributed by atoms with Gasteiger partial charge in [-0.2, -0.15) is 5.10 Å². The molecule has 2 heterocycles. The van der Waals surface area contributed by atoms with Crippen LogP contribution in [0.1, 0.15) is 11.1 Å². The molecule has 7 nitrogen and oxygen atoms in total. The van der Waals surface area contributed by atoms with E-state index in [9.17, 15) is 14.4 Å². The Labute approximate surface area is 138 Å². The first-order chi connectivity index (χ1) is 11.5. The molecule has 1 aromatic carbocycles. The fourth-order valence-electron chi connectivity index (χ4n) is 2.45. The first kappa shape index (κ1) is 15.7. The molecule has 0 aliphatic carbocycles. The van der Waals surface area contributed by atoms with Crippen molar-refractivity contribution in [2.75, 3.05) is 14.1 Å². The van der Waals surface area contributed by atoms with Crippen LogP contribution in [0, 0.1) is 0 Å². The van der Waals surface area contributed by atoms with Gasteiger partial charge < -0.3 is 0 Å². The molecule has 0 saturated carbocycles. The molecule has 0 spiro atoms. The average Bonchev–Trinajstić information content (AvgIpc) is 3.03. The number of hydrogen-bond donors (Lipinski definition) is 0. The molecule has 2 aromatic rings. The van der Waals surface area contributed by atoms with Crippen LogP contribution in [0.25, 0.3) is 6.08 Å². The second kappa shape index (κ2) is 6.11. The Bertz CT molecular complexity index is 813. The van der Waals surface area contributed by atoms with Crippen molar-refractivity contribution in [3.8, 4) is 0 Å². The van der Waals surface area contributed by atoms with E-state index in [0.29, 0.717) is 12.1 Å². The van der Waals surface area contributed by atoms with E-state index in [1.54, 1.807) is 17.1 Å². The number of barbiturate groups is 1. The molecular formula is C17H16N4O3. The van der Waals surface area contributed by atoms with Gasteiger partial charge >= 0.3 is 6.03 Å². The molecule has 3 rings (SSSR count). The van der Waals surface area contributed by atoms with Crippen LogP contribution in [-0.4, -0.2) is 51.5 Å². The number of hydrogen-bond acceptors (Lipinski definition) is 4. The van der Waals surface area contributed by atoms with Gasteiger partial charge in [-0.25, -0.2) is 4.79 Å². The Morgan fingerprint density at radius 1 is 1.00 bits per heavy atom. The first-order valence-electron chi connectivity index (χ1n) is 7.35. The van der Waals surface area contributed by atoms with Crippen molar-refractivity contribution < 1.29 is 14.4 Å². The zero-order valence-electron chi connectivity index (χ0n) is 13.3. The molecule has 122 valence electrons. The summed E-state index contributed by atoms with van der Waals surface area (Å²) in [6, 6.07) is 9.18. The Morgan fingerprint density at radius 3 is 2.25 bits per heavy atom. The Hall–Kier alpha value is -3.22. The van der Waals surface area contributed by atoms with Crippen LogP contribution in [0.5, 0.6) is 0 Å². The second-order valence-electron chi connectivity index (χ2n) is 5.53. The standard InChI is InChI=1S/C17H16N4O3/c1-19-15(22)14(16(23)20(2)17(19)24)8-13-9-18-21(11-13)10-12-6-4-3-5-7-12/h3-9,11H,10H2,1-2H3. The first-order valence-corrected chi connectivity index (χ1v) is 7.35. The van der Waals surface area contributed by atoms with Crippen LogP contribution in [0.3, 0.4) is 0 Å². The molecule has 1 aliphatic heterocycles. The number of amides is 4. The van der Waals surface area contributed by atoms with Gasteiger partial charge in [0.05, 0.1) is 12.7 Å². The van der Waals surface area contributed by atoms with Crippen molar-refractivity contribution in [1.82, 2.24) is 19.6 Å². The van der Waals surface area contributed by atoms with Gasteiger partial charge in [-0.15, -0.1) is 0 Å². The highest BCUT2D eigenvalue weighted by Gasteiger charge is 2.37. The number of likely N-dealkylation sites (N-methyl/N-ethyl adjacent to an activating group) is 2. The van der Waals surface area contributed by atoms with Crippen LogP contribution in [0.4, 0.5) is 4.79 Å². The summed E-state index contributed by atoms with van der Waals surface area (Å²) in [4.78, 5) is 37.9. The highest BCUT2D eigenvalue weighted by Crippen LogP contribution is 2.17. The highest BCUT2D eigenvalue weighted by molar-refractivity contribution is 6.30. The molecule has 4 amide bonds. The monoisotopic (exact) mass is 324 g/mol. The molecule has 1 saturated heterocycles. The predicted octanol–water partition coefficient (Wildman–Crippen LogP) is 1.37. The minimum atomic E-state index is -0.637. The molecule has 0 bridgehead atoms. The Morgan fingerprint density at radius 2 is 1.62 bits per heavy atom. The van der Waals surface area contributed by atoms with E-state index in [4.69, 9.17) is 0 Å². The van der Waals surface area contributed by atoms with Crippen molar-refractivity contribution >= 4 is 23.9 Å². The maximum Gasteiger partial charge on any atom is 0.333 e. The molecule has 1 fully saturated rings. The number of nitrogens with zero attached hydrogens (tertiary/aromatic N) is 4. The molecule has 0 radical (unpaired) electrons. The molecular weight excluding hydrogens is 308 g/mol. The van der Waals surface area contributed by atoms with Crippen molar-refractivity contribution in [3.63, 3.8) is 0 Å². The largest absolute Gasteiger partial charge is 0.333 e. The SMILES string of the molecule is CN1C(=O)C(=Cc2cnn(Cc3ccccc3)c2)C(=O)N(C)C1=O. The maximum atomic E-state index is 12.2. The molecule has 0 N–H and O–H groups in total. The Balaban J connectivity index is 1.85. The van der Waals surface area contributed by atoms with Gasteiger partial charge in [0.15, 0.2) is 0 Å². The van der Waals surface area contributed by atoms with Crippen LogP contribution < -0.4 is 0 Å². The smallest absolute Gasteiger partial charge is 0.268 e. The lowest BCUT2D eigenvalue weighted by Crippen LogP contribution is -2.52. The number of aromatic nitrogens is 2. The molecule has 0 atom stereocenters. The highest BCUT2D eigenvalue weighted by atomic mass is 16.2. The average molecular weight is 324 g/mol. The van der Waals surface area contributed by atoms with Gasteiger partial charge in [-0.05, 0) is 11.6 Å². The fourth-order valence-corrected chi connectivity index (χ4v) is 2.45. The third-order valence-corrected chi connectivity index (χ3v) is 3.80. The second-order valence-corrected chi connectivity index (χ2v) is 5.53. The summed E-state index contributed by atoms with van der Waals surface area (Å²) in [6.45, 7) is 0.587. The minimum absolute atomic E-state index is 0.0566. The van der Waals surface area contributed by atoms with E-state index in [-0.39, 0.29) is 5.57 Å². The normalized spacial score (nSPS) is 15.2. The number of carbonyl (C=O) groups is 3. The van der Waals surface area contributed by atoms with Gasteiger partial charge in [0, 0.05) is 25.9 Å². The van der Waals surface area contributed by atoms with E-state index >= 15 is 0 Å². The lowest BCUT2D eigenvalue weighted by atomic mass is 10.1. The van der Waals surface area contributed by atoms with Crippen LogP contribution >= 0.6 is 0 Å². The summed E-state index contributed by atoms with van der Waals surface area (Å²) < 4.78 is 1.72. The number of imide groups is 2. The number of rotatable bonds is 3. The quantitative estimate of drug-likeness (QED) is 0.631. The molecule has 1 aromatic heterocycles. The summed E-state index contributed by atoms with van der Waals surface area (Å²) in [7, 11) is 2.69. The minimum Gasteiger partial charge on any atom is -0.268 e. The van der Waals surface area contributed by atoms with E-state index in [0.717, 1.165) is 15.4 Å². The summed E-state index contributed by atoms with van der Waals surface area (Å²) in [5.74, 6) is -1.22. The van der Waals surface area contributed by atoms with Crippen LogP contribution in [-0.2, 0) is 16.1 Å². The van der Waals surface area contributed by atoms with E-state index in [2.05, 4.69) is 5.10 Å². The van der Waals surface area contributed by atoms with Gasteiger partial charge in [-0.1, -0.05) is 30.3 Å². The van der Waals surface area contributed by atoms with Crippen LogP contribution in [0.15, 0.2) is 48.3 Å². The lowest BCUT2D eigenvalue weighted by Gasteiger charge is -2.28. The van der Waals surface area contributed by atoms with Crippen molar-refractivity contribution in [2.24, 2.45) is 0 Å². The van der Waals surface area contributed by atoms with Crippen molar-refractivity contribution in [1.29, 1.82) is 0 Å². The summed E-state index contributed by atoms with van der Waals surface area (Å²) in [5.41, 5.74) is 1.66. The van der Waals surface area contributed by atoms with E-state index in [1.807, 2.05) is 30.3 Å². The Kier molecular flexibility index (Phi) is 3.99. The summed E-state index contributed by atoms with van der Waals surface area (Å²) in [5, 5.41) is 4.24. The molecule has 1 aliphatic rings. The summed E-state index contributed by atoms with van der Waals surface area (Å²) in [6.07, 6.45) is 4.78. The van der Waals surface area contributed by atoms with Crippen LogP contribution in [0.2, 0.25) is 0 Å². The number of urea groups is 1. The van der Waals surface area contributed by atoms with Gasteiger partial charge in [0.25, 0.3) is 11.8 Å². The van der Waals surface area contributed by atoms with Gasteiger partial charge in [-0.3, -0.25) is 24.1 Å². The lowest BCUT2D eigenvalue weighted by molar-refractivity contribution is -0.134. The van der Waals surface area contributed by atoms with E-state index in [1.165, 1.54) is 20.2 Å². The van der Waals surface area contributed by atoms with Gasteiger partial charge in [0.1, 0.15) is 5.57 Å². The van der Waals surface area contributed by atoms with Gasteiger partial charge in [0.2, 0.25) is 0 Å². The zero-order chi connectivity index (χ0) is 17.3. The number of benzene rings is 1. The van der Waals surface area contributed by atoms with Crippen molar-refractivity contribution in [3.05, 3.63) is 59.4 Å². The zero-order valence-corrected chi connectivity index (χ0v) is 13.3. The molecule has 0 unspecified atom stereocenters. The predicted molar refractivity (Wildman–Crippen MR) is 86.7 cm³/mol. The third kappa shape index (κ3) is 2.83. The maximum absolute atomic E-state index is 12.2. The van der Waals surface area contributed by atoms with Crippen molar-refractivity contribution in [2.45, 2.75) is 6.54 Å². The topological polar surface area (TPSA) is 75.5 Å². The van der Waals surface area contributed by atoms with E-state index < -0.39 is 17.8 Å². The fraction of sp³-hybridized carbons (Fsp3) is 0.176.